The first-order valence-electron chi connectivity index (χ1n) is 3.54. The Bertz CT molecular complexity index is 332. The molecule has 0 saturated heterocycles. The fourth-order valence-corrected chi connectivity index (χ4v) is 1.30. The number of alkyl halides is 2. The first-order valence-corrected chi connectivity index (χ1v) is 3.92. The van der Waals surface area contributed by atoms with E-state index in [0.29, 0.717) is 5.56 Å². The Labute approximate surface area is 78.0 Å². The topological polar surface area (TPSA) is 18.5 Å². The first-order chi connectivity index (χ1) is 5.99. The van der Waals surface area contributed by atoms with Crippen molar-refractivity contribution in [3.05, 3.63) is 22.7 Å². The van der Waals surface area contributed by atoms with Crippen LogP contribution in [0.4, 0.5) is 8.78 Å². The van der Waals surface area contributed by atoms with Crippen molar-refractivity contribution in [1.82, 2.24) is 0 Å². The third-order valence-electron chi connectivity index (χ3n) is 1.70. The van der Waals surface area contributed by atoms with E-state index < -0.39 is 6.29 Å². The maximum Gasteiger partial charge on any atom is 0.586 e. The Hall–Kier alpha value is -1.03. The number of benzene rings is 1. The van der Waals surface area contributed by atoms with Gasteiger partial charge in [0.1, 0.15) is 0 Å². The van der Waals surface area contributed by atoms with Gasteiger partial charge in [-0.3, -0.25) is 0 Å². The Kier molecular flexibility index (Phi) is 1.63. The van der Waals surface area contributed by atoms with Crippen molar-refractivity contribution in [1.29, 1.82) is 0 Å². The highest BCUT2D eigenvalue weighted by atomic mass is 35.5. The summed E-state index contributed by atoms with van der Waals surface area (Å²) in [5, 5.41) is 0.123. The zero-order valence-corrected chi connectivity index (χ0v) is 7.36. The van der Waals surface area contributed by atoms with Crippen LogP contribution in [0.3, 0.4) is 0 Å². The SMILES string of the molecule is Cc1ccc(Cl)c2c1OC(F)(F)O2. The molecule has 2 rings (SSSR count). The predicted molar refractivity (Wildman–Crippen MR) is 42.4 cm³/mol. The summed E-state index contributed by atoms with van der Waals surface area (Å²) in [6.07, 6.45) is -3.60. The molecule has 2 nitrogen and oxygen atoms in total. The lowest BCUT2D eigenvalue weighted by molar-refractivity contribution is -0.286. The molecule has 0 radical (unpaired) electrons. The number of rotatable bonds is 0. The van der Waals surface area contributed by atoms with Crippen LogP contribution in [0.5, 0.6) is 11.5 Å². The molecule has 13 heavy (non-hydrogen) atoms. The second-order valence-corrected chi connectivity index (χ2v) is 3.10. The standard InChI is InChI=1S/C8H5ClF2O2/c1-4-2-3-5(9)7-6(4)12-8(10,11)13-7/h2-3H,1H3. The summed E-state index contributed by atoms with van der Waals surface area (Å²) >= 11 is 5.63. The quantitative estimate of drug-likeness (QED) is 0.650. The predicted octanol–water partition coefficient (Wildman–Crippen LogP) is 2.97. The van der Waals surface area contributed by atoms with Gasteiger partial charge in [0, 0.05) is 0 Å². The summed E-state index contributed by atoms with van der Waals surface area (Å²) < 4.78 is 33.7. The van der Waals surface area contributed by atoms with E-state index in [4.69, 9.17) is 11.6 Å². The molecule has 0 N–H and O–H groups in total. The van der Waals surface area contributed by atoms with Crippen molar-refractivity contribution >= 4 is 11.6 Å². The molecule has 70 valence electrons. The second kappa shape index (κ2) is 2.48. The smallest absolute Gasteiger partial charge is 0.395 e. The molecule has 0 spiro atoms. The summed E-state index contributed by atoms with van der Waals surface area (Å²) in [6, 6.07) is 3.08. The highest BCUT2D eigenvalue weighted by molar-refractivity contribution is 6.32. The Balaban J connectivity index is 2.56. The monoisotopic (exact) mass is 206 g/mol. The summed E-state index contributed by atoms with van der Waals surface area (Å²) in [4.78, 5) is 0. The van der Waals surface area contributed by atoms with Crippen molar-refractivity contribution < 1.29 is 18.3 Å². The molecule has 1 aromatic rings. The molecule has 1 heterocycles. The molecule has 5 heteroatoms. The van der Waals surface area contributed by atoms with Crippen LogP contribution in [-0.4, -0.2) is 6.29 Å². The third kappa shape index (κ3) is 1.31. The van der Waals surface area contributed by atoms with Crippen LogP contribution >= 0.6 is 11.6 Å². The molecule has 0 atom stereocenters. The number of halogens is 3. The molecule has 0 bridgehead atoms. The number of hydrogen-bond acceptors (Lipinski definition) is 2. The molecule has 1 aliphatic rings. The normalized spacial score (nSPS) is 17.5. The zero-order valence-electron chi connectivity index (χ0n) is 6.61. The average Bonchev–Trinajstić information content (AvgIpc) is 2.35. The lowest BCUT2D eigenvalue weighted by Crippen LogP contribution is -2.26. The lowest BCUT2D eigenvalue weighted by Gasteiger charge is -2.04. The minimum Gasteiger partial charge on any atom is -0.395 e. The second-order valence-electron chi connectivity index (χ2n) is 2.69. The average molecular weight is 207 g/mol. The summed E-state index contributed by atoms with van der Waals surface area (Å²) in [5.74, 6) is -0.0795. The molecule has 0 unspecified atom stereocenters. The van der Waals surface area contributed by atoms with Crippen LogP contribution in [0, 0.1) is 6.92 Å². The van der Waals surface area contributed by atoms with Crippen molar-refractivity contribution in [3.63, 3.8) is 0 Å². The number of aryl methyl sites for hydroxylation is 1. The van der Waals surface area contributed by atoms with Gasteiger partial charge in [-0.15, -0.1) is 8.78 Å². The minimum atomic E-state index is -3.60. The molecule has 0 aliphatic carbocycles. The van der Waals surface area contributed by atoms with E-state index in [-0.39, 0.29) is 16.5 Å². The van der Waals surface area contributed by atoms with Gasteiger partial charge in [0.15, 0.2) is 11.5 Å². The third-order valence-corrected chi connectivity index (χ3v) is 2.00. The van der Waals surface area contributed by atoms with Gasteiger partial charge >= 0.3 is 6.29 Å². The minimum absolute atomic E-state index is 0.0116. The Morgan fingerprint density at radius 2 is 1.85 bits per heavy atom. The van der Waals surface area contributed by atoms with Gasteiger partial charge in [-0.2, -0.15) is 0 Å². The van der Waals surface area contributed by atoms with Gasteiger partial charge in [0.05, 0.1) is 5.02 Å². The lowest BCUT2D eigenvalue weighted by atomic mass is 10.2. The van der Waals surface area contributed by atoms with Crippen LogP contribution in [0.2, 0.25) is 5.02 Å². The van der Waals surface area contributed by atoms with Crippen LogP contribution in [0.25, 0.3) is 0 Å². The fraction of sp³-hybridized carbons (Fsp3) is 0.250. The van der Waals surface area contributed by atoms with E-state index in [1.807, 2.05) is 0 Å². The van der Waals surface area contributed by atoms with Crippen molar-refractivity contribution in [2.75, 3.05) is 0 Å². The van der Waals surface area contributed by atoms with E-state index in [0.717, 1.165) is 0 Å². The van der Waals surface area contributed by atoms with Gasteiger partial charge in [-0.25, -0.2) is 0 Å². The van der Waals surface area contributed by atoms with Crippen molar-refractivity contribution in [3.8, 4) is 11.5 Å². The van der Waals surface area contributed by atoms with Crippen LogP contribution in [0.15, 0.2) is 12.1 Å². The maximum absolute atomic E-state index is 12.6. The van der Waals surface area contributed by atoms with E-state index in [1.165, 1.54) is 6.07 Å². The molecule has 0 amide bonds. The summed E-state index contributed by atoms with van der Waals surface area (Å²) in [7, 11) is 0. The molecule has 0 aromatic heterocycles. The van der Waals surface area contributed by atoms with Crippen molar-refractivity contribution in [2.24, 2.45) is 0 Å². The number of hydrogen-bond donors (Lipinski definition) is 0. The molecular formula is C8H5ClF2O2. The van der Waals surface area contributed by atoms with Crippen LogP contribution < -0.4 is 9.47 Å². The zero-order chi connectivity index (χ0) is 9.64. The number of fused-ring (bicyclic) bond motifs is 1. The van der Waals surface area contributed by atoms with Gasteiger partial charge in [-0.05, 0) is 18.6 Å². The highest BCUT2D eigenvalue weighted by Crippen LogP contribution is 2.47. The van der Waals surface area contributed by atoms with Gasteiger partial charge < -0.3 is 9.47 Å². The fourth-order valence-electron chi connectivity index (χ4n) is 1.12. The number of ether oxygens (including phenoxy) is 2. The summed E-state index contributed by atoms with van der Waals surface area (Å²) in [6.45, 7) is 1.64. The van der Waals surface area contributed by atoms with E-state index in [9.17, 15) is 8.78 Å². The summed E-state index contributed by atoms with van der Waals surface area (Å²) in [5.41, 5.74) is 0.566. The van der Waals surface area contributed by atoms with Crippen LogP contribution in [0.1, 0.15) is 5.56 Å². The van der Waals surface area contributed by atoms with Crippen molar-refractivity contribution in [2.45, 2.75) is 13.2 Å². The molecule has 0 saturated carbocycles. The molecule has 1 aromatic carbocycles. The van der Waals surface area contributed by atoms with E-state index in [1.54, 1.807) is 13.0 Å². The first kappa shape index (κ1) is 8.56. The van der Waals surface area contributed by atoms with Gasteiger partial charge in [0.2, 0.25) is 0 Å². The maximum atomic E-state index is 12.6. The Morgan fingerprint density at radius 3 is 2.46 bits per heavy atom. The highest BCUT2D eigenvalue weighted by Gasteiger charge is 2.45. The van der Waals surface area contributed by atoms with Gasteiger partial charge in [-0.1, -0.05) is 17.7 Å². The van der Waals surface area contributed by atoms with E-state index in [2.05, 4.69) is 9.47 Å². The van der Waals surface area contributed by atoms with E-state index >= 15 is 0 Å². The van der Waals surface area contributed by atoms with Crippen LogP contribution in [-0.2, 0) is 0 Å². The Morgan fingerprint density at radius 1 is 1.23 bits per heavy atom. The van der Waals surface area contributed by atoms with Gasteiger partial charge in [0.25, 0.3) is 0 Å². The largest absolute Gasteiger partial charge is 0.586 e. The molecular weight excluding hydrogens is 202 g/mol. The molecule has 1 aliphatic heterocycles. The molecule has 0 fully saturated rings.